The van der Waals surface area contributed by atoms with Gasteiger partial charge in [0, 0.05) is 29.0 Å². The zero-order valence-electron chi connectivity index (χ0n) is 22.2. The van der Waals surface area contributed by atoms with Gasteiger partial charge < -0.3 is 31.8 Å². The van der Waals surface area contributed by atoms with Crippen LogP contribution < -0.4 is 26.4 Å². The molecule has 0 saturated carbocycles. The van der Waals surface area contributed by atoms with Gasteiger partial charge in [0.15, 0.2) is 29.3 Å². The lowest BCUT2D eigenvalue weighted by Crippen LogP contribution is -2.71. The number of rotatable bonds is 9. The lowest BCUT2D eigenvalue weighted by molar-refractivity contribution is -0.673. The summed E-state index contributed by atoms with van der Waals surface area (Å²) in [6, 6.07) is 1.84. The molecule has 3 amide bonds. The van der Waals surface area contributed by atoms with Crippen LogP contribution in [0.3, 0.4) is 0 Å². The number of pyridine rings is 2. The number of carbonyl (C=O) groups excluding carboxylic acids is 3. The Hall–Kier alpha value is -4.55. The van der Waals surface area contributed by atoms with Crippen molar-refractivity contribution in [2.24, 2.45) is 7.05 Å². The maximum absolute atomic E-state index is 13.4. The van der Waals surface area contributed by atoms with E-state index in [1.165, 1.54) is 28.9 Å². The summed E-state index contributed by atoms with van der Waals surface area (Å²) >= 11 is 3.73. The highest BCUT2D eigenvalue weighted by atomic mass is 32.2. The SMILES string of the molecule is C[n+]1cccc(SCC2=C(C(=O)O)N3C(=O)[C@@H](NC(=O)C(NC(=O)c4cc(=O)c(O)cn4O)c4csc(N)n4)[C@H]3SC2)c1. The third-order valence-electron chi connectivity index (χ3n) is 6.49. The molecule has 0 aliphatic carbocycles. The predicted octanol–water partition coefficient (Wildman–Crippen LogP) is -0.344. The number of fused-ring (bicyclic) bond motifs is 1. The monoisotopic (exact) mass is 646 g/mol. The van der Waals surface area contributed by atoms with Crippen molar-refractivity contribution in [3.8, 4) is 5.75 Å². The number of aromatic hydroxyl groups is 1. The number of nitrogen functional groups attached to an aromatic ring is 1. The lowest BCUT2D eigenvalue weighted by atomic mass is 10.0. The molecule has 3 aromatic rings. The maximum Gasteiger partial charge on any atom is 0.352 e. The minimum absolute atomic E-state index is 0.0265. The van der Waals surface area contributed by atoms with E-state index in [4.69, 9.17) is 5.73 Å². The van der Waals surface area contributed by atoms with E-state index in [2.05, 4.69) is 15.6 Å². The van der Waals surface area contributed by atoms with Crippen LogP contribution in [-0.2, 0) is 21.4 Å². The van der Waals surface area contributed by atoms with Crippen molar-refractivity contribution in [2.75, 3.05) is 17.2 Å². The summed E-state index contributed by atoms with van der Waals surface area (Å²) < 4.78 is 2.09. The van der Waals surface area contributed by atoms with Gasteiger partial charge in [-0.05, 0) is 11.6 Å². The molecule has 5 rings (SSSR count). The first-order valence-electron chi connectivity index (χ1n) is 12.4. The van der Waals surface area contributed by atoms with Gasteiger partial charge in [0.1, 0.15) is 29.9 Å². The number of nitrogens with two attached hydrogens (primary N) is 1. The standard InChI is InChI=1S/C25H23N7O8S3/c1-30-4-2-3-12(6-30)41-8-11-9-42-23-18(22(37)32(23)19(11)24(38)39)29-21(36)17(13-10-43-25(26)27-13)28-20(35)14-5-15(33)16(34)7-31(14)40/h2-7,10,17-18,23,40H,8-9H2,1H3,(H5-,26,27,28,29,34,35,36,38,39)/p+1/t17?,18-,23-/m1/s1. The van der Waals surface area contributed by atoms with Crippen LogP contribution in [0.15, 0.2) is 63.1 Å². The molecule has 2 aliphatic heterocycles. The molecule has 15 nitrogen and oxygen atoms in total. The molecule has 43 heavy (non-hydrogen) atoms. The van der Waals surface area contributed by atoms with Gasteiger partial charge in [-0.1, -0.05) is 0 Å². The highest BCUT2D eigenvalue weighted by molar-refractivity contribution is 8.01. The van der Waals surface area contributed by atoms with Crippen LogP contribution in [0.5, 0.6) is 5.75 Å². The minimum atomic E-state index is -1.51. The minimum Gasteiger partial charge on any atom is -0.503 e. The number of amides is 3. The first-order valence-corrected chi connectivity index (χ1v) is 15.3. The van der Waals surface area contributed by atoms with Crippen molar-refractivity contribution in [3.05, 3.63) is 75.1 Å². The average molecular weight is 647 g/mol. The summed E-state index contributed by atoms with van der Waals surface area (Å²) in [5.41, 5.74) is 4.66. The fraction of sp³-hybridized carbons (Fsp3) is 0.240. The maximum atomic E-state index is 13.4. The molecule has 7 N–H and O–H groups in total. The summed E-state index contributed by atoms with van der Waals surface area (Å²) in [5.74, 6) is -3.96. The summed E-state index contributed by atoms with van der Waals surface area (Å²) in [5, 5.41) is 35.2. The van der Waals surface area contributed by atoms with E-state index in [0.717, 1.165) is 21.1 Å². The molecule has 1 fully saturated rings. The normalized spacial score (nSPS) is 18.4. The van der Waals surface area contributed by atoms with Gasteiger partial charge in [-0.15, -0.1) is 34.9 Å². The van der Waals surface area contributed by atoms with Gasteiger partial charge in [0.05, 0.1) is 16.8 Å². The summed E-state index contributed by atoms with van der Waals surface area (Å²) in [4.78, 5) is 69.7. The highest BCUT2D eigenvalue weighted by Gasteiger charge is 2.54. The quantitative estimate of drug-likeness (QED) is 0.0761. The Bertz CT molecular complexity index is 1740. The molecular weight excluding hydrogens is 623 g/mol. The number of carboxylic acids is 1. The Balaban J connectivity index is 1.33. The van der Waals surface area contributed by atoms with E-state index < -0.39 is 58.0 Å². The Morgan fingerprint density at radius 2 is 2.09 bits per heavy atom. The van der Waals surface area contributed by atoms with E-state index in [1.807, 2.05) is 36.1 Å². The topological polar surface area (TPSA) is 221 Å². The summed E-state index contributed by atoms with van der Waals surface area (Å²) in [6.45, 7) is 0. The number of carboxylic acid groups (broad SMARTS) is 1. The van der Waals surface area contributed by atoms with Crippen LogP contribution >= 0.6 is 34.9 Å². The first kappa shape index (κ1) is 29.9. The van der Waals surface area contributed by atoms with Crippen molar-refractivity contribution in [3.63, 3.8) is 0 Å². The number of aryl methyl sites for hydroxylation is 1. The zero-order chi connectivity index (χ0) is 31.0. The Labute approximate surface area is 255 Å². The molecule has 1 saturated heterocycles. The molecule has 224 valence electrons. The number of nitrogens with one attached hydrogen (secondary N) is 2. The second kappa shape index (κ2) is 12.0. The van der Waals surface area contributed by atoms with Crippen LogP contribution in [0.25, 0.3) is 0 Å². The van der Waals surface area contributed by atoms with Crippen LogP contribution in [0.4, 0.5) is 5.13 Å². The largest absolute Gasteiger partial charge is 0.503 e. The molecule has 1 unspecified atom stereocenters. The molecule has 0 spiro atoms. The van der Waals surface area contributed by atoms with E-state index in [1.54, 1.807) is 0 Å². The van der Waals surface area contributed by atoms with Gasteiger partial charge in [-0.2, -0.15) is 4.73 Å². The molecule has 3 aromatic heterocycles. The van der Waals surface area contributed by atoms with Gasteiger partial charge in [0.2, 0.25) is 11.3 Å². The lowest BCUT2D eigenvalue weighted by Gasteiger charge is -2.49. The Kier molecular flexibility index (Phi) is 8.34. The zero-order valence-corrected chi connectivity index (χ0v) is 24.6. The second-order valence-electron chi connectivity index (χ2n) is 9.42. The molecular formula is C25H24N7O8S3+. The number of hydrogen-bond acceptors (Lipinski definition) is 12. The number of hydrogen-bond donors (Lipinski definition) is 6. The smallest absolute Gasteiger partial charge is 0.352 e. The van der Waals surface area contributed by atoms with Crippen LogP contribution in [0.1, 0.15) is 22.2 Å². The third kappa shape index (κ3) is 6.02. The van der Waals surface area contributed by atoms with E-state index >= 15 is 0 Å². The fourth-order valence-corrected chi connectivity index (χ4v) is 7.50. The van der Waals surface area contributed by atoms with Crippen molar-refractivity contribution in [1.29, 1.82) is 0 Å². The number of anilines is 1. The van der Waals surface area contributed by atoms with Crippen molar-refractivity contribution < 1.29 is 39.2 Å². The van der Waals surface area contributed by atoms with Gasteiger partial charge in [-0.3, -0.25) is 24.1 Å². The number of thiazole rings is 1. The van der Waals surface area contributed by atoms with Crippen molar-refractivity contribution >= 4 is 63.7 Å². The third-order valence-corrected chi connectivity index (χ3v) is 9.59. The number of aromatic nitrogens is 3. The summed E-state index contributed by atoms with van der Waals surface area (Å²) in [7, 11) is 1.87. The number of nitrogens with zero attached hydrogens (tertiary/aromatic N) is 4. The number of carbonyl (C=O) groups is 4. The van der Waals surface area contributed by atoms with Gasteiger partial charge in [0.25, 0.3) is 11.8 Å². The molecule has 18 heteroatoms. The number of thioether (sulfide) groups is 2. The van der Waals surface area contributed by atoms with Crippen LogP contribution in [0.2, 0.25) is 0 Å². The molecule has 0 aromatic carbocycles. The van der Waals surface area contributed by atoms with Crippen molar-refractivity contribution in [1.82, 2.24) is 25.2 Å². The van der Waals surface area contributed by atoms with Crippen LogP contribution in [0, 0.1) is 0 Å². The highest BCUT2D eigenvalue weighted by Crippen LogP contribution is 2.41. The van der Waals surface area contributed by atoms with E-state index in [-0.39, 0.29) is 21.3 Å². The molecule has 0 radical (unpaired) electrons. The van der Waals surface area contributed by atoms with E-state index in [0.29, 0.717) is 29.3 Å². The summed E-state index contributed by atoms with van der Waals surface area (Å²) in [6.07, 6.45) is 4.39. The average Bonchev–Trinajstić information content (AvgIpc) is 3.40. The van der Waals surface area contributed by atoms with E-state index in [9.17, 15) is 39.4 Å². The second-order valence-corrected chi connectivity index (χ2v) is 12.5. The fourth-order valence-electron chi connectivity index (χ4n) is 4.44. The number of aliphatic carboxylic acids is 1. The van der Waals surface area contributed by atoms with Crippen molar-refractivity contribution in [2.45, 2.75) is 22.4 Å². The Morgan fingerprint density at radius 1 is 1.33 bits per heavy atom. The van der Waals surface area contributed by atoms with Crippen LogP contribution in [-0.4, -0.2) is 76.6 Å². The Morgan fingerprint density at radius 3 is 2.77 bits per heavy atom. The molecule has 3 atom stereocenters. The first-order chi connectivity index (χ1) is 20.4. The number of β-lactam (4-membered cyclic amide) rings is 1. The molecule has 5 heterocycles. The van der Waals surface area contributed by atoms with Gasteiger partial charge in [-0.25, -0.2) is 14.3 Å². The molecule has 0 bridgehead atoms. The molecule has 2 aliphatic rings. The van der Waals surface area contributed by atoms with Gasteiger partial charge >= 0.3 is 5.97 Å². The predicted molar refractivity (Wildman–Crippen MR) is 154 cm³/mol.